The Hall–Kier alpha value is -1.08. The van der Waals surface area contributed by atoms with Crippen molar-refractivity contribution in [2.75, 3.05) is 0 Å². The zero-order chi connectivity index (χ0) is 11.3. The number of hydrogen-bond acceptors (Lipinski definition) is 1. The van der Waals surface area contributed by atoms with Crippen LogP contribution in [0.25, 0.3) is 6.08 Å². The fourth-order valence-corrected chi connectivity index (χ4v) is 1.42. The lowest BCUT2D eigenvalue weighted by molar-refractivity contribution is 0.199. The molecule has 1 aromatic carbocycles. The molecule has 0 unspecified atom stereocenters. The van der Waals surface area contributed by atoms with Gasteiger partial charge in [0, 0.05) is 0 Å². The summed E-state index contributed by atoms with van der Waals surface area (Å²) in [6.45, 7) is 6.19. The Morgan fingerprint density at radius 2 is 2.00 bits per heavy atom. The van der Waals surface area contributed by atoms with Crippen molar-refractivity contribution < 1.29 is 5.11 Å². The van der Waals surface area contributed by atoms with Crippen molar-refractivity contribution in [3.05, 3.63) is 41.5 Å². The molecule has 1 nitrogen and oxygen atoms in total. The van der Waals surface area contributed by atoms with E-state index in [1.165, 1.54) is 11.1 Å². The third-order valence-corrected chi connectivity index (χ3v) is 2.36. The number of aliphatic hydroxyl groups excluding tert-OH is 1. The van der Waals surface area contributed by atoms with Crippen LogP contribution >= 0.6 is 0 Å². The Morgan fingerprint density at radius 3 is 2.60 bits per heavy atom. The van der Waals surface area contributed by atoms with Crippen molar-refractivity contribution in [2.45, 2.75) is 39.2 Å². The van der Waals surface area contributed by atoms with Crippen molar-refractivity contribution in [2.24, 2.45) is 0 Å². The minimum Gasteiger partial charge on any atom is -0.393 e. The van der Waals surface area contributed by atoms with E-state index in [4.69, 9.17) is 5.11 Å². The lowest BCUT2D eigenvalue weighted by Crippen LogP contribution is -1.95. The fourth-order valence-electron chi connectivity index (χ4n) is 1.42. The first kappa shape index (κ1) is 12.0. The van der Waals surface area contributed by atoms with E-state index in [1.807, 2.05) is 6.08 Å². The summed E-state index contributed by atoms with van der Waals surface area (Å²) in [7, 11) is 0. The van der Waals surface area contributed by atoms with Crippen LogP contribution in [0.2, 0.25) is 0 Å². The summed E-state index contributed by atoms with van der Waals surface area (Å²) >= 11 is 0. The molecule has 0 saturated heterocycles. The molecule has 0 radical (unpaired) electrons. The maximum atomic E-state index is 9.12. The molecule has 0 saturated carbocycles. The largest absolute Gasteiger partial charge is 0.393 e. The first-order valence-electron chi connectivity index (χ1n) is 5.54. The first-order valence-corrected chi connectivity index (χ1v) is 5.54. The minimum atomic E-state index is -0.255. The van der Waals surface area contributed by atoms with Gasteiger partial charge in [0.25, 0.3) is 0 Å². The molecule has 0 aromatic heterocycles. The van der Waals surface area contributed by atoms with E-state index >= 15 is 0 Å². The summed E-state index contributed by atoms with van der Waals surface area (Å²) < 4.78 is 0. The molecule has 1 N–H and O–H groups in total. The Kier molecular flexibility index (Phi) is 4.57. The molecule has 1 aromatic rings. The second-order valence-corrected chi connectivity index (χ2v) is 4.31. The standard InChI is InChI=1S/C14H20O/c1-11(2)14-9-5-8-13(10-14)7-4-6-12(3)15/h4-5,7-12,15H,6H2,1-3H3/t12-/m1/s1. The zero-order valence-corrected chi connectivity index (χ0v) is 9.77. The van der Waals surface area contributed by atoms with Gasteiger partial charge < -0.3 is 5.11 Å². The molecular formula is C14H20O. The molecule has 0 fully saturated rings. The van der Waals surface area contributed by atoms with E-state index in [9.17, 15) is 0 Å². The highest BCUT2D eigenvalue weighted by molar-refractivity contribution is 5.50. The van der Waals surface area contributed by atoms with Gasteiger partial charge in [0.1, 0.15) is 0 Å². The predicted octanol–water partition coefficient (Wildman–Crippen LogP) is 3.59. The van der Waals surface area contributed by atoms with E-state index in [2.05, 4.69) is 44.2 Å². The van der Waals surface area contributed by atoms with Crippen LogP contribution in [0, 0.1) is 0 Å². The second-order valence-electron chi connectivity index (χ2n) is 4.31. The van der Waals surface area contributed by atoms with Crippen molar-refractivity contribution in [3.63, 3.8) is 0 Å². The molecule has 0 spiro atoms. The van der Waals surface area contributed by atoms with E-state index in [1.54, 1.807) is 6.92 Å². The first-order chi connectivity index (χ1) is 7.09. The maximum Gasteiger partial charge on any atom is 0.0546 e. The van der Waals surface area contributed by atoms with Crippen LogP contribution in [-0.2, 0) is 0 Å². The molecule has 0 amide bonds. The van der Waals surface area contributed by atoms with Crippen LogP contribution in [0.15, 0.2) is 30.3 Å². The molecule has 0 bridgehead atoms. The summed E-state index contributed by atoms with van der Waals surface area (Å²) in [5.41, 5.74) is 2.57. The summed E-state index contributed by atoms with van der Waals surface area (Å²) in [5, 5.41) is 9.12. The molecule has 1 rings (SSSR count). The summed E-state index contributed by atoms with van der Waals surface area (Å²) in [5.74, 6) is 0.565. The highest BCUT2D eigenvalue weighted by Crippen LogP contribution is 2.16. The van der Waals surface area contributed by atoms with Gasteiger partial charge in [-0.25, -0.2) is 0 Å². The van der Waals surface area contributed by atoms with Gasteiger partial charge in [0.15, 0.2) is 0 Å². The van der Waals surface area contributed by atoms with Gasteiger partial charge in [-0.15, -0.1) is 0 Å². The monoisotopic (exact) mass is 204 g/mol. The van der Waals surface area contributed by atoms with Crippen LogP contribution in [-0.4, -0.2) is 11.2 Å². The molecule has 0 aliphatic rings. The molecule has 1 heteroatoms. The Labute approximate surface area is 92.5 Å². The molecular weight excluding hydrogens is 184 g/mol. The minimum absolute atomic E-state index is 0.255. The topological polar surface area (TPSA) is 20.2 Å². The van der Waals surface area contributed by atoms with Crippen molar-refractivity contribution >= 4 is 6.08 Å². The zero-order valence-electron chi connectivity index (χ0n) is 9.77. The van der Waals surface area contributed by atoms with Crippen LogP contribution in [0.5, 0.6) is 0 Å². The lowest BCUT2D eigenvalue weighted by atomic mass is 10.0. The second kappa shape index (κ2) is 5.72. The Balaban J connectivity index is 2.69. The van der Waals surface area contributed by atoms with Crippen LogP contribution in [0.1, 0.15) is 44.2 Å². The van der Waals surface area contributed by atoms with E-state index in [-0.39, 0.29) is 6.10 Å². The maximum absolute atomic E-state index is 9.12. The van der Waals surface area contributed by atoms with Crippen molar-refractivity contribution in [1.29, 1.82) is 0 Å². The van der Waals surface area contributed by atoms with Gasteiger partial charge in [-0.3, -0.25) is 0 Å². The molecule has 0 aliphatic heterocycles. The highest BCUT2D eigenvalue weighted by atomic mass is 16.3. The van der Waals surface area contributed by atoms with E-state index < -0.39 is 0 Å². The highest BCUT2D eigenvalue weighted by Gasteiger charge is 1.98. The van der Waals surface area contributed by atoms with Gasteiger partial charge in [-0.1, -0.05) is 50.3 Å². The van der Waals surface area contributed by atoms with Gasteiger partial charge in [-0.05, 0) is 30.4 Å². The third kappa shape index (κ3) is 4.30. The summed E-state index contributed by atoms with van der Waals surface area (Å²) in [4.78, 5) is 0. The van der Waals surface area contributed by atoms with Gasteiger partial charge in [0.05, 0.1) is 6.10 Å². The Bertz CT molecular complexity index is 324. The average Bonchev–Trinajstić information content (AvgIpc) is 2.17. The smallest absolute Gasteiger partial charge is 0.0546 e. The van der Waals surface area contributed by atoms with Crippen LogP contribution in [0.3, 0.4) is 0 Å². The molecule has 0 heterocycles. The van der Waals surface area contributed by atoms with Crippen molar-refractivity contribution in [1.82, 2.24) is 0 Å². The SMILES string of the molecule is CC(C)c1cccc(C=CC[C@@H](C)O)c1. The lowest BCUT2D eigenvalue weighted by Gasteiger charge is -2.05. The summed E-state index contributed by atoms with van der Waals surface area (Å²) in [6.07, 6.45) is 4.55. The van der Waals surface area contributed by atoms with Crippen LogP contribution < -0.4 is 0 Å². The molecule has 15 heavy (non-hydrogen) atoms. The number of hydrogen-bond donors (Lipinski definition) is 1. The van der Waals surface area contributed by atoms with Crippen LogP contribution in [0.4, 0.5) is 0 Å². The summed E-state index contributed by atoms with van der Waals surface area (Å²) in [6, 6.07) is 8.52. The van der Waals surface area contributed by atoms with E-state index in [0.29, 0.717) is 12.3 Å². The predicted molar refractivity (Wildman–Crippen MR) is 65.9 cm³/mol. The van der Waals surface area contributed by atoms with Gasteiger partial charge in [0.2, 0.25) is 0 Å². The number of benzene rings is 1. The fraction of sp³-hybridized carbons (Fsp3) is 0.429. The average molecular weight is 204 g/mol. The third-order valence-electron chi connectivity index (χ3n) is 2.36. The quantitative estimate of drug-likeness (QED) is 0.794. The van der Waals surface area contributed by atoms with Gasteiger partial charge >= 0.3 is 0 Å². The molecule has 82 valence electrons. The van der Waals surface area contributed by atoms with E-state index in [0.717, 1.165) is 0 Å². The van der Waals surface area contributed by atoms with Crippen molar-refractivity contribution in [3.8, 4) is 0 Å². The Morgan fingerprint density at radius 1 is 1.27 bits per heavy atom. The molecule has 0 aliphatic carbocycles. The number of rotatable bonds is 4. The number of aliphatic hydroxyl groups is 1. The normalized spacial score (nSPS) is 13.7. The van der Waals surface area contributed by atoms with Gasteiger partial charge in [-0.2, -0.15) is 0 Å². The molecule has 1 atom stereocenters.